The Morgan fingerprint density at radius 3 is 2.40 bits per heavy atom. The second kappa shape index (κ2) is 7.78. The van der Waals surface area contributed by atoms with Gasteiger partial charge in [0, 0.05) is 19.3 Å². The molecule has 1 fully saturated rings. The zero-order valence-corrected chi connectivity index (χ0v) is 16.0. The summed E-state index contributed by atoms with van der Waals surface area (Å²) in [5.74, 6) is 0.956. The van der Waals surface area contributed by atoms with Gasteiger partial charge in [0.1, 0.15) is 5.82 Å². The van der Waals surface area contributed by atoms with Gasteiger partial charge < -0.3 is 24.3 Å². The summed E-state index contributed by atoms with van der Waals surface area (Å²) in [5.41, 5.74) is 0.0976. The molecule has 2 heterocycles. The SMILES string of the molecule is Cc1nc(B2OC(C)(C)C(C)(C)O2)cn1CCCCCCNC(=O)O. The van der Waals surface area contributed by atoms with Crippen LogP contribution in [-0.4, -0.2) is 45.6 Å². The molecule has 25 heavy (non-hydrogen) atoms. The molecule has 0 radical (unpaired) electrons. The molecule has 0 atom stereocenters. The highest BCUT2D eigenvalue weighted by atomic mass is 16.7. The van der Waals surface area contributed by atoms with Crippen molar-refractivity contribution < 1.29 is 19.2 Å². The number of aryl methyl sites for hydroxylation is 2. The molecule has 1 amide bonds. The molecule has 0 bridgehead atoms. The standard InChI is InChI=1S/C17H30BN3O4/c1-13-20-14(18-24-16(2,3)17(4,5)25-18)12-21(13)11-9-7-6-8-10-19-15(22)23/h12,19H,6-11H2,1-5H3,(H,22,23). The molecule has 2 rings (SSSR count). The van der Waals surface area contributed by atoms with E-state index in [0.717, 1.165) is 43.6 Å². The quantitative estimate of drug-likeness (QED) is 0.555. The lowest BCUT2D eigenvalue weighted by Crippen LogP contribution is -2.41. The Morgan fingerprint density at radius 1 is 1.20 bits per heavy atom. The van der Waals surface area contributed by atoms with Crippen molar-refractivity contribution in [3.63, 3.8) is 0 Å². The number of unbranched alkanes of at least 4 members (excludes halogenated alkanes) is 3. The predicted molar refractivity (Wildman–Crippen MR) is 97.2 cm³/mol. The van der Waals surface area contributed by atoms with E-state index in [1.807, 2.05) is 40.8 Å². The molecular formula is C17H30BN3O4. The summed E-state index contributed by atoms with van der Waals surface area (Å²) in [4.78, 5) is 15.0. The topological polar surface area (TPSA) is 85.6 Å². The molecule has 2 N–H and O–H groups in total. The lowest BCUT2D eigenvalue weighted by molar-refractivity contribution is 0.00578. The monoisotopic (exact) mass is 351 g/mol. The molecule has 1 aromatic heterocycles. The van der Waals surface area contributed by atoms with E-state index in [4.69, 9.17) is 14.4 Å². The van der Waals surface area contributed by atoms with Crippen molar-refractivity contribution >= 4 is 18.8 Å². The largest absolute Gasteiger partial charge is 0.516 e. The molecule has 0 spiro atoms. The summed E-state index contributed by atoms with van der Waals surface area (Å²) in [6.07, 6.45) is 5.04. The van der Waals surface area contributed by atoms with E-state index in [9.17, 15) is 4.79 Å². The first-order valence-electron chi connectivity index (χ1n) is 8.98. The van der Waals surface area contributed by atoms with Crippen LogP contribution in [0.5, 0.6) is 0 Å². The number of rotatable bonds is 8. The van der Waals surface area contributed by atoms with Gasteiger partial charge in [-0.3, -0.25) is 0 Å². The van der Waals surface area contributed by atoms with Gasteiger partial charge in [-0.1, -0.05) is 12.8 Å². The average Bonchev–Trinajstić information content (AvgIpc) is 2.95. The van der Waals surface area contributed by atoms with Crippen LogP contribution in [-0.2, 0) is 15.9 Å². The van der Waals surface area contributed by atoms with Crippen molar-refractivity contribution in [2.75, 3.05) is 6.54 Å². The fourth-order valence-electron chi connectivity index (χ4n) is 2.79. The van der Waals surface area contributed by atoms with E-state index in [1.54, 1.807) is 0 Å². The maximum Gasteiger partial charge on any atom is 0.516 e. The molecule has 1 aliphatic heterocycles. The maximum atomic E-state index is 10.4. The zero-order chi connectivity index (χ0) is 18.7. The Balaban J connectivity index is 1.80. The lowest BCUT2D eigenvalue weighted by Gasteiger charge is -2.32. The van der Waals surface area contributed by atoms with E-state index in [1.165, 1.54) is 0 Å². The van der Waals surface area contributed by atoms with Crippen molar-refractivity contribution in [2.45, 2.75) is 78.0 Å². The highest BCUT2D eigenvalue weighted by molar-refractivity contribution is 6.61. The summed E-state index contributed by atoms with van der Waals surface area (Å²) in [7, 11) is -0.424. The van der Waals surface area contributed by atoms with Gasteiger partial charge in [0.15, 0.2) is 0 Å². The van der Waals surface area contributed by atoms with Crippen LogP contribution in [0.25, 0.3) is 0 Å². The summed E-state index contributed by atoms with van der Waals surface area (Å²) >= 11 is 0. The van der Waals surface area contributed by atoms with E-state index in [0.29, 0.717) is 6.54 Å². The van der Waals surface area contributed by atoms with Crippen LogP contribution in [0.3, 0.4) is 0 Å². The van der Waals surface area contributed by atoms with Crippen LogP contribution in [0, 0.1) is 6.92 Å². The fraction of sp³-hybridized carbons (Fsp3) is 0.765. The normalized spacial score (nSPS) is 18.5. The van der Waals surface area contributed by atoms with Crippen LogP contribution in [0.4, 0.5) is 4.79 Å². The van der Waals surface area contributed by atoms with Crippen molar-refractivity contribution in [1.29, 1.82) is 0 Å². The van der Waals surface area contributed by atoms with Crippen LogP contribution in [0.1, 0.15) is 59.2 Å². The molecule has 0 aromatic carbocycles. The minimum Gasteiger partial charge on any atom is -0.465 e. The van der Waals surface area contributed by atoms with Crippen molar-refractivity contribution in [2.24, 2.45) is 0 Å². The first-order valence-corrected chi connectivity index (χ1v) is 8.98. The zero-order valence-electron chi connectivity index (χ0n) is 16.0. The number of carboxylic acid groups (broad SMARTS) is 1. The van der Waals surface area contributed by atoms with Gasteiger partial charge in [-0.25, -0.2) is 9.78 Å². The Kier molecular flexibility index (Phi) is 6.16. The molecule has 1 aliphatic rings. The number of aromatic nitrogens is 2. The minimum absolute atomic E-state index is 0.362. The molecule has 0 unspecified atom stereocenters. The average molecular weight is 351 g/mol. The van der Waals surface area contributed by atoms with Crippen LogP contribution in [0.2, 0.25) is 0 Å². The summed E-state index contributed by atoms with van der Waals surface area (Å²) in [6, 6.07) is 0. The van der Waals surface area contributed by atoms with E-state index >= 15 is 0 Å². The van der Waals surface area contributed by atoms with Gasteiger partial charge in [0.2, 0.25) is 0 Å². The minimum atomic E-state index is -0.954. The molecule has 140 valence electrons. The molecule has 0 aliphatic carbocycles. The van der Waals surface area contributed by atoms with Gasteiger partial charge in [-0.2, -0.15) is 0 Å². The first kappa shape index (κ1) is 19.8. The number of nitrogens with one attached hydrogen (secondary N) is 1. The van der Waals surface area contributed by atoms with E-state index in [2.05, 4.69) is 14.9 Å². The molecule has 0 saturated carbocycles. The number of carbonyl (C=O) groups is 1. The maximum absolute atomic E-state index is 10.4. The molecule has 7 nitrogen and oxygen atoms in total. The number of nitrogens with zero attached hydrogens (tertiary/aromatic N) is 2. The molecular weight excluding hydrogens is 321 g/mol. The molecule has 1 saturated heterocycles. The lowest BCUT2D eigenvalue weighted by atomic mass is 9.86. The highest BCUT2D eigenvalue weighted by Crippen LogP contribution is 2.36. The first-order chi connectivity index (χ1) is 11.6. The summed E-state index contributed by atoms with van der Waals surface area (Å²) in [5, 5.41) is 10.9. The molecule has 8 heteroatoms. The van der Waals surface area contributed by atoms with Crippen molar-refractivity contribution in [1.82, 2.24) is 14.9 Å². The van der Waals surface area contributed by atoms with Crippen LogP contribution >= 0.6 is 0 Å². The Bertz CT molecular complexity index is 585. The van der Waals surface area contributed by atoms with Crippen molar-refractivity contribution in [3.05, 3.63) is 12.0 Å². The third-order valence-corrected chi connectivity index (χ3v) is 5.09. The van der Waals surface area contributed by atoms with E-state index in [-0.39, 0.29) is 11.2 Å². The van der Waals surface area contributed by atoms with E-state index < -0.39 is 13.2 Å². The second-order valence-electron chi connectivity index (χ2n) is 7.64. The van der Waals surface area contributed by atoms with Crippen molar-refractivity contribution in [3.8, 4) is 0 Å². The Labute approximate surface area is 150 Å². The Morgan fingerprint density at radius 2 is 1.80 bits per heavy atom. The summed E-state index contributed by atoms with van der Waals surface area (Å²) in [6.45, 7) is 11.6. The number of amides is 1. The predicted octanol–water partition coefficient (Wildman–Crippen LogP) is 2.32. The van der Waals surface area contributed by atoms with Crippen LogP contribution in [0.15, 0.2) is 6.20 Å². The number of hydrogen-bond acceptors (Lipinski definition) is 4. The summed E-state index contributed by atoms with van der Waals surface area (Å²) < 4.78 is 14.2. The fourth-order valence-corrected chi connectivity index (χ4v) is 2.79. The third kappa shape index (κ3) is 4.98. The van der Waals surface area contributed by atoms with Gasteiger partial charge in [0.05, 0.1) is 16.8 Å². The van der Waals surface area contributed by atoms with Gasteiger partial charge in [-0.05, 0) is 47.5 Å². The number of imidazole rings is 1. The van der Waals surface area contributed by atoms with Crippen LogP contribution < -0.4 is 10.9 Å². The van der Waals surface area contributed by atoms with Gasteiger partial charge in [-0.15, -0.1) is 0 Å². The smallest absolute Gasteiger partial charge is 0.465 e. The van der Waals surface area contributed by atoms with Gasteiger partial charge in [0.25, 0.3) is 0 Å². The molecule has 1 aromatic rings. The third-order valence-electron chi connectivity index (χ3n) is 5.09. The Hall–Kier alpha value is -1.54. The number of hydrogen-bond donors (Lipinski definition) is 2. The highest BCUT2D eigenvalue weighted by Gasteiger charge is 2.52. The van der Waals surface area contributed by atoms with Gasteiger partial charge >= 0.3 is 13.2 Å². The second-order valence-corrected chi connectivity index (χ2v) is 7.64.